The molecule has 2 heterocycles. The van der Waals surface area contributed by atoms with Crippen LogP contribution in [-0.4, -0.2) is 10.1 Å². The van der Waals surface area contributed by atoms with Gasteiger partial charge >= 0.3 is 0 Å². The minimum Gasteiger partial charge on any atom is -0.367 e. The molecule has 0 spiro atoms. The number of nitrogen functional groups attached to an aromatic ring is 1. The third-order valence-corrected chi connectivity index (χ3v) is 2.90. The van der Waals surface area contributed by atoms with Gasteiger partial charge in [0.05, 0.1) is 11.8 Å². The molecule has 1 aromatic carbocycles. The normalized spacial score (nSPS) is 10.8. The zero-order chi connectivity index (χ0) is 15.0. The third kappa shape index (κ3) is 2.33. The van der Waals surface area contributed by atoms with Crippen LogP contribution >= 0.6 is 0 Å². The molecular formula is C14H8F3N3O. The first-order chi connectivity index (χ1) is 10.1. The highest BCUT2D eigenvalue weighted by atomic mass is 19.1. The summed E-state index contributed by atoms with van der Waals surface area (Å²) >= 11 is 0. The second-order valence-corrected chi connectivity index (χ2v) is 4.28. The van der Waals surface area contributed by atoms with Crippen molar-refractivity contribution in [2.75, 3.05) is 5.73 Å². The summed E-state index contributed by atoms with van der Waals surface area (Å²) in [5.74, 6) is -2.38. The van der Waals surface area contributed by atoms with Crippen LogP contribution in [0.4, 0.5) is 19.1 Å². The van der Waals surface area contributed by atoms with E-state index in [0.29, 0.717) is 0 Å². The van der Waals surface area contributed by atoms with Gasteiger partial charge in [-0.1, -0.05) is 5.16 Å². The number of nitrogens with zero attached hydrogens (tertiary/aromatic N) is 2. The van der Waals surface area contributed by atoms with E-state index in [9.17, 15) is 13.2 Å². The highest BCUT2D eigenvalue weighted by Crippen LogP contribution is 2.37. The molecule has 3 rings (SSSR count). The largest absolute Gasteiger partial charge is 0.367 e. The molecule has 7 heteroatoms. The summed E-state index contributed by atoms with van der Waals surface area (Å²) in [6, 6.07) is 4.22. The first-order valence-electron chi connectivity index (χ1n) is 5.88. The van der Waals surface area contributed by atoms with Crippen LogP contribution in [0.1, 0.15) is 0 Å². The van der Waals surface area contributed by atoms with Crippen LogP contribution in [0, 0.1) is 17.5 Å². The smallest absolute Gasteiger partial charge is 0.230 e. The van der Waals surface area contributed by atoms with Gasteiger partial charge in [-0.3, -0.25) is 4.98 Å². The maximum Gasteiger partial charge on any atom is 0.230 e. The number of hydrogen-bond donors (Lipinski definition) is 1. The summed E-state index contributed by atoms with van der Waals surface area (Å²) in [4.78, 5) is 3.62. The van der Waals surface area contributed by atoms with E-state index in [0.717, 1.165) is 24.4 Å². The van der Waals surface area contributed by atoms with Gasteiger partial charge in [0.25, 0.3) is 0 Å². The molecule has 0 amide bonds. The molecule has 0 saturated heterocycles. The summed E-state index contributed by atoms with van der Waals surface area (Å²) in [7, 11) is 0. The molecule has 3 aromatic rings. The van der Waals surface area contributed by atoms with Crippen molar-refractivity contribution in [2.45, 2.75) is 0 Å². The predicted molar refractivity (Wildman–Crippen MR) is 69.5 cm³/mol. The molecule has 0 radical (unpaired) electrons. The number of benzene rings is 1. The van der Waals surface area contributed by atoms with Crippen molar-refractivity contribution >= 4 is 5.88 Å². The fraction of sp³-hybridized carbons (Fsp3) is 0. The molecule has 21 heavy (non-hydrogen) atoms. The Hall–Kier alpha value is -2.83. The highest BCUT2D eigenvalue weighted by Gasteiger charge is 2.21. The maximum absolute atomic E-state index is 13.8. The van der Waals surface area contributed by atoms with E-state index in [1.807, 2.05) is 0 Å². The third-order valence-electron chi connectivity index (χ3n) is 2.90. The van der Waals surface area contributed by atoms with Crippen LogP contribution < -0.4 is 5.73 Å². The van der Waals surface area contributed by atoms with E-state index in [-0.39, 0.29) is 28.3 Å². The summed E-state index contributed by atoms with van der Waals surface area (Å²) < 4.78 is 45.3. The van der Waals surface area contributed by atoms with Crippen LogP contribution in [0.3, 0.4) is 0 Å². The van der Waals surface area contributed by atoms with Crippen molar-refractivity contribution in [3.63, 3.8) is 0 Å². The Balaban J connectivity index is 2.25. The number of hydrogen-bond acceptors (Lipinski definition) is 4. The van der Waals surface area contributed by atoms with Gasteiger partial charge in [-0.05, 0) is 23.8 Å². The SMILES string of the molecule is Nc1onc(-c2ccncc2F)c1-c1cc(F)cc(F)c1. The van der Waals surface area contributed by atoms with Crippen molar-refractivity contribution in [1.82, 2.24) is 10.1 Å². The Kier molecular flexibility index (Phi) is 3.09. The molecule has 4 nitrogen and oxygen atoms in total. The zero-order valence-electron chi connectivity index (χ0n) is 10.5. The Labute approximate surface area is 117 Å². The van der Waals surface area contributed by atoms with Gasteiger partial charge in [0, 0.05) is 17.8 Å². The van der Waals surface area contributed by atoms with Gasteiger partial charge < -0.3 is 10.3 Å². The molecule has 0 saturated carbocycles. The van der Waals surface area contributed by atoms with Crippen molar-refractivity contribution in [1.29, 1.82) is 0 Å². The van der Waals surface area contributed by atoms with Crippen LogP contribution in [0.15, 0.2) is 41.2 Å². The van der Waals surface area contributed by atoms with Crippen molar-refractivity contribution in [3.05, 3.63) is 54.1 Å². The van der Waals surface area contributed by atoms with E-state index < -0.39 is 17.5 Å². The standard InChI is InChI=1S/C14H8F3N3O/c15-8-3-7(4-9(16)5-8)12-13(20-21-14(12)18)10-1-2-19-6-11(10)17/h1-6H,18H2. The number of halogens is 3. The van der Waals surface area contributed by atoms with Crippen LogP contribution in [0.25, 0.3) is 22.4 Å². The van der Waals surface area contributed by atoms with E-state index in [4.69, 9.17) is 10.3 Å². The highest BCUT2D eigenvalue weighted by molar-refractivity contribution is 5.86. The fourth-order valence-electron chi connectivity index (χ4n) is 2.03. The Morgan fingerprint density at radius 1 is 1.05 bits per heavy atom. The van der Waals surface area contributed by atoms with Gasteiger partial charge in [0.2, 0.25) is 5.88 Å². The average molecular weight is 291 g/mol. The van der Waals surface area contributed by atoms with Crippen molar-refractivity contribution in [3.8, 4) is 22.4 Å². The van der Waals surface area contributed by atoms with Crippen LogP contribution in [-0.2, 0) is 0 Å². The fourth-order valence-corrected chi connectivity index (χ4v) is 2.03. The van der Waals surface area contributed by atoms with E-state index in [2.05, 4.69) is 10.1 Å². The molecule has 0 aliphatic heterocycles. The Morgan fingerprint density at radius 3 is 2.43 bits per heavy atom. The lowest BCUT2D eigenvalue weighted by molar-refractivity contribution is 0.439. The van der Waals surface area contributed by atoms with Gasteiger partial charge in [-0.2, -0.15) is 0 Å². The molecule has 0 atom stereocenters. The van der Waals surface area contributed by atoms with Crippen LogP contribution in [0.2, 0.25) is 0 Å². The number of anilines is 1. The zero-order valence-corrected chi connectivity index (χ0v) is 10.5. The van der Waals surface area contributed by atoms with Crippen molar-refractivity contribution < 1.29 is 17.7 Å². The second-order valence-electron chi connectivity index (χ2n) is 4.28. The van der Waals surface area contributed by atoms with Gasteiger partial charge in [0.15, 0.2) is 5.82 Å². The summed E-state index contributed by atoms with van der Waals surface area (Å²) in [6.07, 6.45) is 2.36. The summed E-state index contributed by atoms with van der Waals surface area (Å²) in [5.41, 5.74) is 6.01. The minimum atomic E-state index is -0.785. The minimum absolute atomic E-state index is 0.0531. The molecule has 2 aromatic heterocycles. The van der Waals surface area contributed by atoms with Gasteiger partial charge in [-0.25, -0.2) is 13.2 Å². The van der Waals surface area contributed by atoms with E-state index >= 15 is 0 Å². The lowest BCUT2D eigenvalue weighted by atomic mass is 10.0. The number of nitrogens with two attached hydrogens (primary N) is 1. The Bertz CT molecular complexity index is 797. The second kappa shape index (κ2) is 4.93. The lowest BCUT2D eigenvalue weighted by Gasteiger charge is -2.04. The van der Waals surface area contributed by atoms with E-state index in [1.165, 1.54) is 12.3 Å². The van der Waals surface area contributed by atoms with Crippen LogP contribution in [0.5, 0.6) is 0 Å². The predicted octanol–water partition coefficient (Wildman–Crippen LogP) is 3.40. The molecule has 0 aliphatic rings. The Morgan fingerprint density at radius 2 is 1.76 bits per heavy atom. The summed E-state index contributed by atoms with van der Waals surface area (Å²) in [6.45, 7) is 0. The average Bonchev–Trinajstić information content (AvgIpc) is 2.80. The van der Waals surface area contributed by atoms with Gasteiger partial charge in [-0.15, -0.1) is 0 Å². The lowest BCUT2D eigenvalue weighted by Crippen LogP contribution is -1.92. The number of aromatic nitrogens is 2. The maximum atomic E-state index is 13.8. The number of rotatable bonds is 2. The molecular weight excluding hydrogens is 283 g/mol. The van der Waals surface area contributed by atoms with Crippen molar-refractivity contribution in [2.24, 2.45) is 0 Å². The monoisotopic (exact) mass is 291 g/mol. The molecule has 0 unspecified atom stereocenters. The van der Waals surface area contributed by atoms with E-state index in [1.54, 1.807) is 0 Å². The van der Waals surface area contributed by atoms with Gasteiger partial charge in [0.1, 0.15) is 17.3 Å². The first-order valence-corrected chi connectivity index (χ1v) is 5.88. The topological polar surface area (TPSA) is 64.9 Å². The summed E-state index contributed by atoms with van der Waals surface area (Å²) in [5, 5.41) is 3.67. The molecule has 0 bridgehead atoms. The first kappa shape index (κ1) is 13.2. The molecule has 2 N–H and O–H groups in total. The quantitative estimate of drug-likeness (QED) is 0.786. The molecule has 0 aliphatic carbocycles. The molecule has 106 valence electrons. The molecule has 0 fully saturated rings. The number of pyridine rings is 1.